The number of piperidine rings is 1. The van der Waals surface area contributed by atoms with E-state index in [1.54, 1.807) is 16.4 Å². The summed E-state index contributed by atoms with van der Waals surface area (Å²) in [4.78, 5) is 0.361. The highest BCUT2D eigenvalue weighted by atomic mass is 32.2. The third-order valence-electron chi connectivity index (χ3n) is 4.02. The van der Waals surface area contributed by atoms with E-state index in [1.165, 1.54) is 0 Å². The van der Waals surface area contributed by atoms with Crippen LogP contribution in [-0.4, -0.2) is 30.4 Å². The Morgan fingerprint density at radius 1 is 1.35 bits per heavy atom. The van der Waals surface area contributed by atoms with Gasteiger partial charge in [-0.1, -0.05) is 25.5 Å². The first-order chi connectivity index (χ1) is 9.50. The van der Waals surface area contributed by atoms with Crippen LogP contribution in [0.5, 0.6) is 0 Å². The Morgan fingerprint density at radius 2 is 2.10 bits per heavy atom. The summed E-state index contributed by atoms with van der Waals surface area (Å²) < 4.78 is 27.4. The molecule has 0 aromatic heterocycles. The van der Waals surface area contributed by atoms with Crippen LogP contribution in [0, 0.1) is 0 Å². The van der Waals surface area contributed by atoms with Crippen LogP contribution >= 0.6 is 0 Å². The van der Waals surface area contributed by atoms with Crippen molar-refractivity contribution in [3.63, 3.8) is 0 Å². The van der Waals surface area contributed by atoms with E-state index in [9.17, 15) is 13.5 Å². The average molecular weight is 297 g/mol. The molecule has 1 heterocycles. The van der Waals surface area contributed by atoms with Crippen LogP contribution in [0.1, 0.15) is 44.2 Å². The van der Waals surface area contributed by atoms with E-state index < -0.39 is 10.0 Å². The lowest BCUT2D eigenvalue weighted by atomic mass is 10.1. The van der Waals surface area contributed by atoms with Gasteiger partial charge in [-0.2, -0.15) is 4.31 Å². The maximum atomic E-state index is 12.9. The molecule has 1 unspecified atom stereocenters. The van der Waals surface area contributed by atoms with Crippen molar-refractivity contribution in [2.75, 3.05) is 6.54 Å². The number of aliphatic hydroxyl groups is 1. The molecule has 1 aromatic carbocycles. The predicted molar refractivity (Wildman–Crippen MR) is 78.9 cm³/mol. The standard InChI is InChI=1S/C15H23NO3S/c1-3-14-8-7-13(11-17)10-15(14)20(18,19)16-9-5-4-6-12(16)2/h7-8,10,12,17H,3-6,9,11H2,1-2H3. The summed E-state index contributed by atoms with van der Waals surface area (Å²) in [5, 5.41) is 9.25. The highest BCUT2D eigenvalue weighted by Crippen LogP contribution is 2.28. The van der Waals surface area contributed by atoms with Gasteiger partial charge >= 0.3 is 0 Å². The molecule has 4 nitrogen and oxygen atoms in total. The number of aryl methyl sites for hydroxylation is 1. The Morgan fingerprint density at radius 3 is 2.70 bits per heavy atom. The van der Waals surface area contributed by atoms with Crippen molar-refractivity contribution >= 4 is 10.0 Å². The van der Waals surface area contributed by atoms with Gasteiger partial charge in [0.1, 0.15) is 0 Å². The molecule has 1 fully saturated rings. The molecule has 0 bridgehead atoms. The Hall–Kier alpha value is -0.910. The number of hydrogen-bond acceptors (Lipinski definition) is 3. The summed E-state index contributed by atoms with van der Waals surface area (Å²) in [5.41, 5.74) is 1.46. The van der Waals surface area contributed by atoms with Crippen molar-refractivity contribution < 1.29 is 13.5 Å². The highest BCUT2D eigenvalue weighted by molar-refractivity contribution is 7.89. The number of rotatable bonds is 4. The predicted octanol–water partition coefficient (Wildman–Crippen LogP) is 2.30. The molecule has 5 heteroatoms. The quantitative estimate of drug-likeness (QED) is 0.928. The maximum absolute atomic E-state index is 12.9. The summed E-state index contributed by atoms with van der Waals surface area (Å²) in [5.74, 6) is 0. The molecule has 0 spiro atoms. The van der Waals surface area contributed by atoms with Crippen LogP contribution < -0.4 is 0 Å². The van der Waals surface area contributed by atoms with Gasteiger partial charge in [0.2, 0.25) is 10.0 Å². The summed E-state index contributed by atoms with van der Waals surface area (Å²) in [7, 11) is -3.46. The van der Waals surface area contributed by atoms with Gasteiger partial charge in [-0.05, 0) is 43.4 Å². The fourth-order valence-corrected chi connectivity index (χ4v) is 4.83. The largest absolute Gasteiger partial charge is 0.392 e. The van der Waals surface area contributed by atoms with Crippen molar-refractivity contribution in [3.05, 3.63) is 29.3 Å². The lowest BCUT2D eigenvalue weighted by molar-refractivity contribution is 0.268. The van der Waals surface area contributed by atoms with Crippen molar-refractivity contribution in [3.8, 4) is 0 Å². The molecule has 1 atom stereocenters. The minimum Gasteiger partial charge on any atom is -0.392 e. The van der Waals surface area contributed by atoms with Crippen LogP contribution in [0.4, 0.5) is 0 Å². The summed E-state index contributed by atoms with van der Waals surface area (Å²) in [6.45, 7) is 4.38. The minimum absolute atomic E-state index is 0.0521. The van der Waals surface area contributed by atoms with E-state index in [0.717, 1.165) is 24.8 Å². The number of benzene rings is 1. The molecule has 0 aliphatic carbocycles. The van der Waals surface area contributed by atoms with Crippen molar-refractivity contribution in [2.24, 2.45) is 0 Å². The molecule has 1 saturated heterocycles. The molecule has 20 heavy (non-hydrogen) atoms. The Labute approximate surface area is 121 Å². The molecular weight excluding hydrogens is 274 g/mol. The van der Waals surface area contributed by atoms with E-state index >= 15 is 0 Å². The fraction of sp³-hybridized carbons (Fsp3) is 0.600. The first kappa shape index (κ1) is 15.5. The first-order valence-corrected chi connectivity index (χ1v) is 8.69. The Kier molecular flexibility index (Phi) is 4.83. The van der Waals surface area contributed by atoms with Crippen molar-refractivity contribution in [2.45, 2.75) is 57.1 Å². The topological polar surface area (TPSA) is 57.6 Å². The average Bonchev–Trinajstić information content (AvgIpc) is 2.46. The maximum Gasteiger partial charge on any atom is 0.243 e. The normalized spacial score (nSPS) is 21.1. The summed E-state index contributed by atoms with van der Waals surface area (Å²) in [6.07, 6.45) is 3.60. The Bertz CT molecular complexity index is 568. The van der Waals surface area contributed by atoms with E-state index in [0.29, 0.717) is 23.4 Å². The fourth-order valence-electron chi connectivity index (χ4n) is 2.78. The lowest BCUT2D eigenvalue weighted by Crippen LogP contribution is -2.42. The smallest absolute Gasteiger partial charge is 0.243 e. The van der Waals surface area contributed by atoms with Gasteiger partial charge in [0.25, 0.3) is 0 Å². The van der Waals surface area contributed by atoms with E-state index in [2.05, 4.69) is 0 Å². The highest BCUT2D eigenvalue weighted by Gasteiger charge is 2.32. The minimum atomic E-state index is -3.46. The second kappa shape index (κ2) is 6.24. The van der Waals surface area contributed by atoms with Gasteiger partial charge in [-0.25, -0.2) is 8.42 Å². The van der Waals surface area contributed by atoms with Gasteiger partial charge in [0.15, 0.2) is 0 Å². The molecule has 1 aliphatic heterocycles. The second-order valence-corrected chi connectivity index (χ2v) is 7.27. The monoisotopic (exact) mass is 297 g/mol. The molecule has 2 rings (SSSR count). The van der Waals surface area contributed by atoms with Crippen LogP contribution in [0.15, 0.2) is 23.1 Å². The second-order valence-electron chi connectivity index (χ2n) is 5.41. The molecule has 0 saturated carbocycles. The van der Waals surface area contributed by atoms with E-state index in [-0.39, 0.29) is 12.6 Å². The third kappa shape index (κ3) is 2.90. The first-order valence-electron chi connectivity index (χ1n) is 7.25. The number of hydrogen-bond donors (Lipinski definition) is 1. The summed E-state index contributed by atoms with van der Waals surface area (Å²) in [6, 6.07) is 5.27. The van der Waals surface area contributed by atoms with Crippen LogP contribution in [0.3, 0.4) is 0 Å². The number of aliphatic hydroxyl groups excluding tert-OH is 1. The van der Waals surface area contributed by atoms with Gasteiger partial charge in [0, 0.05) is 12.6 Å². The molecule has 0 radical (unpaired) electrons. The molecule has 1 aromatic rings. The molecule has 1 N–H and O–H groups in total. The third-order valence-corrected chi connectivity index (χ3v) is 6.12. The molecular formula is C15H23NO3S. The van der Waals surface area contributed by atoms with Crippen LogP contribution in [0.2, 0.25) is 0 Å². The Balaban J connectivity index is 2.47. The molecule has 112 valence electrons. The van der Waals surface area contributed by atoms with Gasteiger partial charge in [-0.3, -0.25) is 0 Å². The van der Waals surface area contributed by atoms with Crippen LogP contribution in [-0.2, 0) is 23.1 Å². The van der Waals surface area contributed by atoms with E-state index in [4.69, 9.17) is 0 Å². The SMILES string of the molecule is CCc1ccc(CO)cc1S(=O)(=O)N1CCCCC1C. The number of sulfonamides is 1. The van der Waals surface area contributed by atoms with E-state index in [1.807, 2.05) is 19.9 Å². The number of nitrogens with zero attached hydrogens (tertiary/aromatic N) is 1. The zero-order chi connectivity index (χ0) is 14.8. The molecule has 1 aliphatic rings. The van der Waals surface area contributed by atoms with Gasteiger partial charge < -0.3 is 5.11 Å². The molecule has 0 amide bonds. The van der Waals surface area contributed by atoms with Crippen molar-refractivity contribution in [1.82, 2.24) is 4.31 Å². The zero-order valence-electron chi connectivity index (χ0n) is 12.2. The zero-order valence-corrected chi connectivity index (χ0v) is 13.0. The lowest BCUT2D eigenvalue weighted by Gasteiger charge is -2.33. The van der Waals surface area contributed by atoms with Crippen molar-refractivity contribution in [1.29, 1.82) is 0 Å². The van der Waals surface area contributed by atoms with Crippen LogP contribution in [0.25, 0.3) is 0 Å². The van der Waals surface area contributed by atoms with Gasteiger partial charge in [0.05, 0.1) is 11.5 Å². The van der Waals surface area contributed by atoms with Gasteiger partial charge in [-0.15, -0.1) is 0 Å². The summed E-state index contributed by atoms with van der Waals surface area (Å²) >= 11 is 0.